The third kappa shape index (κ3) is 2.18. The molecule has 1 aromatic rings. The second-order valence-electron chi connectivity index (χ2n) is 4.11. The fraction of sp³-hybridized carbons (Fsp3) is 0.538. The lowest BCUT2D eigenvalue weighted by Crippen LogP contribution is -2.14. The van der Waals surface area contributed by atoms with E-state index in [0.717, 1.165) is 30.8 Å². The van der Waals surface area contributed by atoms with Crippen LogP contribution in [-0.2, 0) is 11.2 Å². The molecule has 0 saturated carbocycles. The predicted octanol–water partition coefficient (Wildman–Crippen LogP) is 3.33. The van der Waals surface area contributed by atoms with Crippen LogP contribution in [0.15, 0.2) is 18.2 Å². The maximum atomic E-state index is 6.21. The Morgan fingerprint density at radius 1 is 1.50 bits per heavy atom. The predicted molar refractivity (Wildman–Crippen MR) is 65.3 cm³/mol. The number of benzene rings is 1. The van der Waals surface area contributed by atoms with Crippen molar-refractivity contribution in [3.05, 3.63) is 29.3 Å². The Hall–Kier alpha value is -0.730. The first-order valence-electron chi connectivity index (χ1n) is 5.65. The molecule has 2 rings (SSSR count). The fourth-order valence-corrected chi connectivity index (χ4v) is 2.43. The van der Waals surface area contributed by atoms with Gasteiger partial charge in [0.25, 0.3) is 0 Å². The van der Waals surface area contributed by atoms with Crippen LogP contribution in [0.2, 0.25) is 0 Å². The van der Waals surface area contributed by atoms with Crippen LogP contribution in [0.1, 0.15) is 30.6 Å². The van der Waals surface area contributed by atoms with Gasteiger partial charge in [0.1, 0.15) is 11.9 Å². The number of rotatable bonds is 2. The lowest BCUT2D eigenvalue weighted by molar-refractivity contribution is 0.0550. The van der Waals surface area contributed by atoms with Crippen LogP contribution in [0.25, 0.3) is 0 Å². The summed E-state index contributed by atoms with van der Waals surface area (Å²) in [6, 6.07) is 6.14. The number of methoxy groups -OCH3 is 1. The van der Waals surface area contributed by atoms with E-state index in [1.165, 1.54) is 5.56 Å². The van der Waals surface area contributed by atoms with Gasteiger partial charge in [-0.15, -0.1) is 11.6 Å². The molecule has 88 valence electrons. The summed E-state index contributed by atoms with van der Waals surface area (Å²) in [5, 5.41) is -0.0480. The highest BCUT2D eigenvalue weighted by atomic mass is 35.5. The van der Waals surface area contributed by atoms with Crippen molar-refractivity contribution in [2.75, 3.05) is 13.7 Å². The van der Waals surface area contributed by atoms with Crippen molar-refractivity contribution in [3.8, 4) is 5.75 Å². The molecule has 2 atom stereocenters. The fourth-order valence-electron chi connectivity index (χ4n) is 2.23. The summed E-state index contributed by atoms with van der Waals surface area (Å²) >= 11 is 6.21. The Morgan fingerprint density at radius 3 is 3.00 bits per heavy atom. The second-order valence-corrected chi connectivity index (χ2v) is 4.79. The van der Waals surface area contributed by atoms with Crippen LogP contribution >= 0.6 is 11.6 Å². The highest BCUT2D eigenvalue weighted by molar-refractivity contribution is 6.20. The lowest BCUT2D eigenvalue weighted by atomic mass is 9.97. The average Bonchev–Trinajstić information content (AvgIpc) is 2.50. The topological polar surface area (TPSA) is 18.5 Å². The molecular weight excluding hydrogens is 224 g/mol. The summed E-state index contributed by atoms with van der Waals surface area (Å²) in [4.78, 5) is 0. The molecule has 0 saturated heterocycles. The third-order valence-corrected chi connectivity index (χ3v) is 3.19. The number of aryl methyl sites for hydroxylation is 1. The van der Waals surface area contributed by atoms with E-state index in [1.54, 1.807) is 7.11 Å². The molecule has 1 heterocycles. The van der Waals surface area contributed by atoms with E-state index in [0.29, 0.717) is 0 Å². The molecule has 3 heteroatoms. The molecule has 2 unspecified atom stereocenters. The minimum atomic E-state index is -0.0599. The van der Waals surface area contributed by atoms with Crippen molar-refractivity contribution in [1.82, 2.24) is 0 Å². The van der Waals surface area contributed by atoms with Crippen LogP contribution in [0.5, 0.6) is 5.75 Å². The van der Waals surface area contributed by atoms with E-state index < -0.39 is 0 Å². The smallest absolute Gasteiger partial charge is 0.124 e. The van der Waals surface area contributed by atoms with Crippen molar-refractivity contribution in [2.24, 2.45) is 0 Å². The lowest BCUT2D eigenvalue weighted by Gasteiger charge is -2.22. The molecule has 0 aliphatic carbocycles. The summed E-state index contributed by atoms with van der Waals surface area (Å²) in [6.07, 6.45) is 2.02. The minimum Gasteiger partial charge on any atom is -0.496 e. The number of ether oxygens (including phenoxy) is 2. The molecule has 1 aliphatic rings. The Balaban J connectivity index is 2.48. The van der Waals surface area contributed by atoms with E-state index in [-0.39, 0.29) is 11.5 Å². The molecule has 1 aromatic carbocycles. The van der Waals surface area contributed by atoms with Gasteiger partial charge in [-0.2, -0.15) is 0 Å². The van der Waals surface area contributed by atoms with E-state index in [9.17, 15) is 0 Å². The van der Waals surface area contributed by atoms with Gasteiger partial charge in [0.2, 0.25) is 0 Å². The summed E-state index contributed by atoms with van der Waals surface area (Å²) in [6.45, 7) is 2.73. The van der Waals surface area contributed by atoms with Gasteiger partial charge >= 0.3 is 0 Å². The van der Waals surface area contributed by atoms with Crippen LogP contribution < -0.4 is 4.74 Å². The van der Waals surface area contributed by atoms with Crippen molar-refractivity contribution in [3.63, 3.8) is 0 Å². The second kappa shape index (κ2) is 5.07. The van der Waals surface area contributed by atoms with E-state index in [4.69, 9.17) is 21.1 Å². The zero-order chi connectivity index (χ0) is 11.5. The van der Waals surface area contributed by atoms with Crippen LogP contribution in [0, 0.1) is 0 Å². The first-order chi connectivity index (χ1) is 7.74. The number of alkyl halides is 1. The maximum absolute atomic E-state index is 6.21. The molecule has 0 bridgehead atoms. The molecule has 0 radical (unpaired) electrons. The quantitative estimate of drug-likeness (QED) is 0.739. The summed E-state index contributed by atoms with van der Waals surface area (Å²) in [5.41, 5.74) is 2.43. The Labute approximate surface area is 102 Å². The zero-order valence-electron chi connectivity index (χ0n) is 9.70. The highest BCUT2D eigenvalue weighted by Crippen LogP contribution is 2.37. The van der Waals surface area contributed by atoms with Crippen molar-refractivity contribution >= 4 is 11.6 Å². The molecule has 0 amide bonds. The van der Waals surface area contributed by atoms with Crippen molar-refractivity contribution in [1.29, 1.82) is 0 Å². The molecule has 0 fully saturated rings. The SMILES string of the molecule is COc1cccc2c1C(C(C)Cl)OCCC2. The van der Waals surface area contributed by atoms with E-state index in [2.05, 4.69) is 6.07 Å². The van der Waals surface area contributed by atoms with E-state index >= 15 is 0 Å². The van der Waals surface area contributed by atoms with Crippen LogP contribution in [0.3, 0.4) is 0 Å². The van der Waals surface area contributed by atoms with Gasteiger partial charge in [-0.1, -0.05) is 12.1 Å². The van der Waals surface area contributed by atoms with Gasteiger partial charge < -0.3 is 9.47 Å². The van der Waals surface area contributed by atoms with Crippen molar-refractivity contribution in [2.45, 2.75) is 31.2 Å². The molecule has 1 aliphatic heterocycles. The van der Waals surface area contributed by atoms with Gasteiger partial charge in [-0.05, 0) is 31.4 Å². The number of hydrogen-bond acceptors (Lipinski definition) is 2. The highest BCUT2D eigenvalue weighted by Gasteiger charge is 2.26. The van der Waals surface area contributed by atoms with Gasteiger partial charge in [0, 0.05) is 12.2 Å². The van der Waals surface area contributed by atoms with Gasteiger partial charge in [0.05, 0.1) is 12.5 Å². The molecule has 0 N–H and O–H groups in total. The Kier molecular flexibility index (Phi) is 3.72. The summed E-state index contributed by atoms with van der Waals surface area (Å²) < 4.78 is 11.2. The Bertz CT molecular complexity index is 363. The first kappa shape index (κ1) is 11.7. The molecule has 2 nitrogen and oxygen atoms in total. The molecule has 16 heavy (non-hydrogen) atoms. The minimum absolute atomic E-state index is 0.0480. The summed E-state index contributed by atoms with van der Waals surface area (Å²) in [5.74, 6) is 0.886. The summed E-state index contributed by atoms with van der Waals surface area (Å²) in [7, 11) is 1.69. The molecule has 0 aromatic heterocycles. The largest absolute Gasteiger partial charge is 0.496 e. The maximum Gasteiger partial charge on any atom is 0.124 e. The number of fused-ring (bicyclic) bond motifs is 1. The standard InChI is InChI=1S/C13H17ClO2/c1-9(14)13-12-10(6-4-8-16-13)5-3-7-11(12)15-2/h3,5,7,9,13H,4,6,8H2,1-2H3. The van der Waals surface area contributed by atoms with Crippen molar-refractivity contribution < 1.29 is 9.47 Å². The van der Waals surface area contributed by atoms with Gasteiger partial charge in [-0.3, -0.25) is 0 Å². The normalized spacial score (nSPS) is 22.1. The number of halogens is 1. The van der Waals surface area contributed by atoms with Crippen LogP contribution in [-0.4, -0.2) is 19.1 Å². The molecular formula is C13H17ClO2. The third-order valence-electron chi connectivity index (χ3n) is 2.97. The van der Waals surface area contributed by atoms with Gasteiger partial charge in [-0.25, -0.2) is 0 Å². The van der Waals surface area contributed by atoms with E-state index in [1.807, 2.05) is 19.1 Å². The average molecular weight is 241 g/mol. The van der Waals surface area contributed by atoms with Crippen LogP contribution in [0.4, 0.5) is 0 Å². The van der Waals surface area contributed by atoms with Gasteiger partial charge in [0.15, 0.2) is 0 Å². The monoisotopic (exact) mass is 240 g/mol. The number of hydrogen-bond donors (Lipinski definition) is 0. The first-order valence-corrected chi connectivity index (χ1v) is 6.09. The Morgan fingerprint density at radius 2 is 2.31 bits per heavy atom. The molecule has 0 spiro atoms. The zero-order valence-corrected chi connectivity index (χ0v) is 10.5.